The zero-order valence-corrected chi connectivity index (χ0v) is 22.9. The minimum absolute atomic E-state index is 0.121. The Morgan fingerprint density at radius 1 is 0.927 bits per heavy atom. The summed E-state index contributed by atoms with van der Waals surface area (Å²) in [6, 6.07) is 12.6. The van der Waals surface area contributed by atoms with Crippen molar-refractivity contribution in [3.63, 3.8) is 0 Å². The summed E-state index contributed by atoms with van der Waals surface area (Å²) in [5, 5.41) is 0.463. The van der Waals surface area contributed by atoms with E-state index in [9.17, 15) is 31.5 Å². The molecule has 41 heavy (non-hydrogen) atoms. The first-order valence-electron chi connectivity index (χ1n) is 13.7. The highest BCUT2D eigenvalue weighted by molar-refractivity contribution is 6.02. The highest BCUT2D eigenvalue weighted by Gasteiger charge is 2.44. The van der Waals surface area contributed by atoms with E-state index in [1.165, 1.54) is 27.7 Å². The molecule has 2 aliphatic rings. The molecular formula is C30H32F5N3O3. The summed E-state index contributed by atoms with van der Waals surface area (Å²) in [5.41, 5.74) is 4.09. The number of halogens is 5. The molecule has 2 aromatic carbocycles. The molecule has 0 spiro atoms. The molecule has 0 bridgehead atoms. The highest BCUT2D eigenvalue weighted by atomic mass is 19.4. The van der Waals surface area contributed by atoms with E-state index >= 15 is 0 Å². The van der Waals surface area contributed by atoms with Crippen molar-refractivity contribution in [3.8, 4) is 0 Å². The van der Waals surface area contributed by atoms with Gasteiger partial charge in [0, 0.05) is 43.4 Å². The van der Waals surface area contributed by atoms with E-state index in [2.05, 4.69) is 30.9 Å². The highest BCUT2D eigenvalue weighted by Crippen LogP contribution is 2.36. The van der Waals surface area contributed by atoms with Crippen LogP contribution in [0.25, 0.3) is 10.9 Å². The molecule has 1 aromatic heterocycles. The van der Waals surface area contributed by atoms with Gasteiger partial charge >= 0.3 is 12.1 Å². The first-order valence-corrected chi connectivity index (χ1v) is 13.7. The van der Waals surface area contributed by atoms with Crippen LogP contribution in [0.5, 0.6) is 0 Å². The lowest BCUT2D eigenvalue weighted by Gasteiger charge is -2.34. The Morgan fingerprint density at radius 3 is 2.15 bits per heavy atom. The summed E-state index contributed by atoms with van der Waals surface area (Å²) >= 11 is 0. The maximum absolute atomic E-state index is 13.8. The van der Waals surface area contributed by atoms with E-state index in [4.69, 9.17) is 4.84 Å². The summed E-state index contributed by atoms with van der Waals surface area (Å²) in [5.74, 6) is -5.78. The van der Waals surface area contributed by atoms with Gasteiger partial charge in [-0.05, 0) is 68.5 Å². The van der Waals surface area contributed by atoms with Gasteiger partial charge in [-0.25, -0.2) is 13.6 Å². The molecule has 11 heteroatoms. The number of alkyl halides is 5. The largest absolute Gasteiger partial charge is 0.493 e. The normalized spacial score (nSPS) is 18.6. The Hall–Kier alpha value is -3.47. The van der Waals surface area contributed by atoms with E-state index in [-0.39, 0.29) is 30.8 Å². The van der Waals surface area contributed by atoms with Crippen LogP contribution in [0.2, 0.25) is 0 Å². The summed E-state index contributed by atoms with van der Waals surface area (Å²) in [6.45, 7) is 5.26. The summed E-state index contributed by atoms with van der Waals surface area (Å²) in [6.07, 6.45) is -4.69. The van der Waals surface area contributed by atoms with Crippen LogP contribution in [-0.2, 0) is 11.3 Å². The molecule has 0 radical (unpaired) electrons. The van der Waals surface area contributed by atoms with E-state index < -0.39 is 36.8 Å². The van der Waals surface area contributed by atoms with Crippen molar-refractivity contribution < 1.29 is 36.4 Å². The number of hydrogen-bond acceptors (Lipinski definition) is 4. The number of para-hydroxylation sites is 1. The molecule has 2 aliphatic heterocycles. The maximum atomic E-state index is 13.8. The van der Waals surface area contributed by atoms with E-state index in [1.54, 1.807) is 18.2 Å². The van der Waals surface area contributed by atoms with Crippen LogP contribution < -0.4 is 4.84 Å². The van der Waals surface area contributed by atoms with Crippen LogP contribution in [0.3, 0.4) is 0 Å². The number of aryl methyl sites for hydroxylation is 2. The molecule has 1 amide bonds. The van der Waals surface area contributed by atoms with Crippen molar-refractivity contribution in [3.05, 3.63) is 70.4 Å². The predicted molar refractivity (Wildman–Crippen MR) is 143 cm³/mol. The van der Waals surface area contributed by atoms with Gasteiger partial charge in [-0.1, -0.05) is 36.4 Å². The standard InChI is InChI=1S/C30H32F5N3O3/c1-19-6-5-7-20(2)25(19)21-10-14-36(15-11-21)18-23-22-8-3-4-9-24(22)38(41-28(40)30(33,34)35)26(23)27(39)37-16-12-29(31,32)13-17-37/h3-9,21H,10-18H2,1-2H3. The molecule has 2 fully saturated rings. The van der Waals surface area contributed by atoms with E-state index in [1.807, 2.05) is 6.07 Å². The average molecular weight is 578 g/mol. The van der Waals surface area contributed by atoms with Crippen molar-refractivity contribution in [2.24, 2.45) is 0 Å². The smallest absolute Gasteiger partial charge is 0.337 e. The molecule has 0 unspecified atom stereocenters. The van der Waals surface area contributed by atoms with Crippen molar-refractivity contribution in [2.75, 3.05) is 26.2 Å². The van der Waals surface area contributed by atoms with Crippen molar-refractivity contribution >= 4 is 22.8 Å². The van der Waals surface area contributed by atoms with Gasteiger partial charge < -0.3 is 9.74 Å². The SMILES string of the molecule is Cc1cccc(C)c1C1CCN(Cc2c(C(=O)N3CCC(F)(F)CC3)n(OC(=O)C(F)(F)F)c3ccccc23)CC1. The number of carbonyl (C=O) groups is 2. The molecule has 220 valence electrons. The lowest BCUT2D eigenvalue weighted by atomic mass is 9.84. The Balaban J connectivity index is 1.48. The van der Waals surface area contributed by atoms with Crippen LogP contribution >= 0.6 is 0 Å². The topological polar surface area (TPSA) is 54.8 Å². The zero-order chi connectivity index (χ0) is 29.5. The summed E-state index contributed by atoms with van der Waals surface area (Å²) in [7, 11) is 0. The fourth-order valence-corrected chi connectivity index (χ4v) is 6.14. The fourth-order valence-electron chi connectivity index (χ4n) is 6.14. The maximum Gasteiger partial charge on any atom is 0.493 e. The van der Waals surface area contributed by atoms with Gasteiger partial charge in [0.2, 0.25) is 0 Å². The number of piperidine rings is 2. The minimum Gasteiger partial charge on any atom is -0.337 e. The number of fused-ring (bicyclic) bond motifs is 1. The number of hydrogen-bond donors (Lipinski definition) is 0. The van der Waals surface area contributed by atoms with Gasteiger partial charge in [0.05, 0.1) is 5.52 Å². The fraction of sp³-hybridized carbons (Fsp3) is 0.467. The molecular weight excluding hydrogens is 545 g/mol. The van der Waals surface area contributed by atoms with Gasteiger partial charge in [-0.3, -0.25) is 9.69 Å². The second kappa shape index (κ2) is 11.1. The second-order valence-corrected chi connectivity index (χ2v) is 11.0. The zero-order valence-electron chi connectivity index (χ0n) is 22.9. The third-order valence-electron chi connectivity index (χ3n) is 8.25. The average Bonchev–Trinajstić information content (AvgIpc) is 3.21. The molecule has 3 aromatic rings. The second-order valence-electron chi connectivity index (χ2n) is 11.0. The van der Waals surface area contributed by atoms with Crippen molar-refractivity contribution in [1.29, 1.82) is 0 Å². The van der Waals surface area contributed by atoms with Gasteiger partial charge in [0.15, 0.2) is 5.69 Å². The Labute approximate surface area is 234 Å². The Bertz CT molecular complexity index is 1430. The molecule has 3 heterocycles. The third-order valence-corrected chi connectivity index (χ3v) is 8.25. The number of amides is 1. The Morgan fingerprint density at radius 2 is 1.54 bits per heavy atom. The van der Waals surface area contributed by atoms with Gasteiger partial charge in [0.1, 0.15) is 0 Å². The summed E-state index contributed by atoms with van der Waals surface area (Å²) in [4.78, 5) is 33.8. The molecule has 5 rings (SSSR count). The Kier molecular flexibility index (Phi) is 7.84. The molecule has 2 saturated heterocycles. The van der Waals surface area contributed by atoms with Gasteiger partial charge in [0.25, 0.3) is 11.8 Å². The van der Waals surface area contributed by atoms with Crippen LogP contribution in [0.4, 0.5) is 22.0 Å². The molecule has 0 atom stereocenters. The number of aromatic nitrogens is 1. The van der Waals surface area contributed by atoms with E-state index in [0.717, 1.165) is 12.8 Å². The first kappa shape index (κ1) is 29.0. The van der Waals surface area contributed by atoms with Crippen molar-refractivity contribution in [2.45, 2.75) is 64.1 Å². The number of carbonyl (C=O) groups excluding carboxylic acids is 2. The first-order chi connectivity index (χ1) is 19.4. The van der Waals surface area contributed by atoms with E-state index in [0.29, 0.717) is 34.7 Å². The van der Waals surface area contributed by atoms with Crippen LogP contribution in [0.1, 0.15) is 64.3 Å². The molecule has 0 aliphatic carbocycles. The molecule has 6 nitrogen and oxygen atoms in total. The lowest BCUT2D eigenvalue weighted by molar-refractivity contribution is -0.199. The van der Waals surface area contributed by atoms with Crippen LogP contribution in [-0.4, -0.2) is 64.7 Å². The van der Waals surface area contributed by atoms with Gasteiger partial charge in [-0.2, -0.15) is 17.9 Å². The summed E-state index contributed by atoms with van der Waals surface area (Å²) < 4.78 is 68.1. The lowest BCUT2D eigenvalue weighted by Crippen LogP contribution is -2.44. The number of benzene rings is 2. The van der Waals surface area contributed by atoms with Gasteiger partial charge in [-0.15, -0.1) is 0 Å². The van der Waals surface area contributed by atoms with Crippen molar-refractivity contribution in [1.82, 2.24) is 14.5 Å². The quantitative estimate of drug-likeness (QED) is 0.348. The molecule has 0 N–H and O–H groups in total. The number of nitrogens with zero attached hydrogens (tertiary/aromatic N) is 3. The number of likely N-dealkylation sites (tertiary alicyclic amines) is 2. The minimum atomic E-state index is -5.30. The van der Waals surface area contributed by atoms with Crippen LogP contribution in [0, 0.1) is 13.8 Å². The molecule has 0 saturated carbocycles. The monoisotopic (exact) mass is 577 g/mol. The number of rotatable bonds is 5. The third kappa shape index (κ3) is 5.95. The van der Waals surface area contributed by atoms with Crippen LogP contribution in [0.15, 0.2) is 42.5 Å². The predicted octanol–water partition coefficient (Wildman–Crippen LogP) is 6.03.